The first-order valence-electron chi connectivity index (χ1n) is 5.97. The van der Waals surface area contributed by atoms with Crippen molar-refractivity contribution in [2.24, 2.45) is 5.41 Å². The normalized spacial score (nSPS) is 11.4. The van der Waals surface area contributed by atoms with Crippen molar-refractivity contribution in [1.29, 1.82) is 0 Å². The van der Waals surface area contributed by atoms with E-state index in [0.717, 1.165) is 11.4 Å². The molecule has 17 heavy (non-hydrogen) atoms. The van der Waals surface area contributed by atoms with Crippen LogP contribution in [0.4, 0.5) is 11.4 Å². The molecule has 1 rings (SSSR count). The highest BCUT2D eigenvalue weighted by atomic mass is 16.2. The molecule has 1 aromatic rings. The Bertz CT molecular complexity index is 374. The van der Waals surface area contributed by atoms with Gasteiger partial charge in [0.25, 0.3) is 0 Å². The van der Waals surface area contributed by atoms with Crippen molar-refractivity contribution in [2.45, 2.75) is 40.7 Å². The molecular formula is C14H22N2O. The summed E-state index contributed by atoms with van der Waals surface area (Å²) in [6.45, 7) is 9.88. The number of rotatable bonds is 3. The summed E-state index contributed by atoms with van der Waals surface area (Å²) in [4.78, 5) is 11.8. The highest BCUT2D eigenvalue weighted by Crippen LogP contribution is 2.19. The molecule has 0 aliphatic rings. The van der Waals surface area contributed by atoms with E-state index in [-0.39, 0.29) is 11.3 Å². The summed E-state index contributed by atoms with van der Waals surface area (Å²) in [5.41, 5.74) is 1.53. The second kappa shape index (κ2) is 5.21. The number of amides is 1. The maximum absolute atomic E-state index is 11.8. The molecule has 0 radical (unpaired) electrons. The van der Waals surface area contributed by atoms with Crippen LogP contribution in [0.1, 0.15) is 34.6 Å². The summed E-state index contributed by atoms with van der Waals surface area (Å²) < 4.78 is 0. The SMILES string of the molecule is CC(C)Nc1ccc(NC(=O)C(C)(C)C)cc1. The summed E-state index contributed by atoms with van der Waals surface area (Å²) in [7, 11) is 0. The third-order valence-electron chi connectivity index (χ3n) is 2.28. The Kier molecular flexibility index (Phi) is 4.16. The minimum Gasteiger partial charge on any atom is -0.383 e. The van der Waals surface area contributed by atoms with Gasteiger partial charge in [-0.3, -0.25) is 4.79 Å². The number of anilines is 2. The molecule has 0 unspecified atom stereocenters. The van der Waals surface area contributed by atoms with E-state index >= 15 is 0 Å². The van der Waals surface area contributed by atoms with Crippen LogP contribution < -0.4 is 10.6 Å². The van der Waals surface area contributed by atoms with E-state index in [1.54, 1.807) is 0 Å². The van der Waals surface area contributed by atoms with Gasteiger partial charge in [-0.15, -0.1) is 0 Å². The van der Waals surface area contributed by atoms with E-state index in [1.165, 1.54) is 0 Å². The lowest BCUT2D eigenvalue weighted by atomic mass is 9.95. The van der Waals surface area contributed by atoms with Crippen LogP contribution in [0.25, 0.3) is 0 Å². The Morgan fingerprint density at radius 2 is 1.53 bits per heavy atom. The Morgan fingerprint density at radius 1 is 1.06 bits per heavy atom. The molecule has 2 N–H and O–H groups in total. The molecular weight excluding hydrogens is 212 g/mol. The average molecular weight is 234 g/mol. The molecule has 0 saturated carbocycles. The van der Waals surface area contributed by atoms with Crippen molar-refractivity contribution in [3.63, 3.8) is 0 Å². The van der Waals surface area contributed by atoms with E-state index in [2.05, 4.69) is 24.5 Å². The quantitative estimate of drug-likeness (QED) is 0.840. The molecule has 3 heteroatoms. The van der Waals surface area contributed by atoms with Crippen molar-refractivity contribution in [3.05, 3.63) is 24.3 Å². The molecule has 1 amide bonds. The maximum atomic E-state index is 11.8. The molecule has 0 fully saturated rings. The van der Waals surface area contributed by atoms with Crippen LogP contribution in [0.5, 0.6) is 0 Å². The Morgan fingerprint density at radius 3 is 1.94 bits per heavy atom. The zero-order valence-electron chi connectivity index (χ0n) is 11.3. The molecule has 3 nitrogen and oxygen atoms in total. The molecule has 1 aromatic carbocycles. The molecule has 0 spiro atoms. The Labute approximate surface area is 104 Å². The molecule has 0 saturated heterocycles. The van der Waals surface area contributed by atoms with Crippen molar-refractivity contribution in [1.82, 2.24) is 0 Å². The van der Waals surface area contributed by atoms with E-state index in [9.17, 15) is 4.79 Å². The van der Waals surface area contributed by atoms with E-state index in [4.69, 9.17) is 0 Å². The van der Waals surface area contributed by atoms with Gasteiger partial charge in [0.05, 0.1) is 0 Å². The number of carbonyl (C=O) groups is 1. The molecule has 94 valence electrons. The van der Waals surface area contributed by atoms with Crippen molar-refractivity contribution < 1.29 is 4.79 Å². The molecule has 0 aliphatic heterocycles. The zero-order chi connectivity index (χ0) is 13.1. The Hall–Kier alpha value is -1.51. The van der Waals surface area contributed by atoms with Gasteiger partial charge in [-0.2, -0.15) is 0 Å². The highest BCUT2D eigenvalue weighted by molar-refractivity contribution is 5.94. The van der Waals surface area contributed by atoms with Gasteiger partial charge in [-0.1, -0.05) is 20.8 Å². The van der Waals surface area contributed by atoms with Crippen molar-refractivity contribution in [3.8, 4) is 0 Å². The van der Waals surface area contributed by atoms with Crippen molar-refractivity contribution in [2.75, 3.05) is 10.6 Å². The number of hydrogen-bond acceptors (Lipinski definition) is 2. The van der Waals surface area contributed by atoms with E-state index < -0.39 is 0 Å². The van der Waals surface area contributed by atoms with Gasteiger partial charge in [-0.25, -0.2) is 0 Å². The number of hydrogen-bond donors (Lipinski definition) is 2. The third-order valence-corrected chi connectivity index (χ3v) is 2.28. The standard InChI is InChI=1S/C14H22N2O/c1-10(2)15-11-6-8-12(9-7-11)16-13(17)14(3,4)5/h6-10,15H,1-5H3,(H,16,17). The predicted octanol–water partition coefficient (Wildman–Crippen LogP) is 3.49. The van der Waals surface area contributed by atoms with Crippen LogP contribution in [0, 0.1) is 5.41 Å². The molecule has 0 bridgehead atoms. The highest BCUT2D eigenvalue weighted by Gasteiger charge is 2.20. The summed E-state index contributed by atoms with van der Waals surface area (Å²) in [6, 6.07) is 8.17. The third kappa shape index (κ3) is 4.47. The van der Waals surface area contributed by atoms with Crippen LogP contribution in [0.3, 0.4) is 0 Å². The molecule has 0 aliphatic carbocycles. The second-order valence-corrected chi connectivity index (χ2v) is 5.58. The lowest BCUT2D eigenvalue weighted by Crippen LogP contribution is -2.27. The van der Waals surface area contributed by atoms with Crippen LogP contribution in [-0.4, -0.2) is 11.9 Å². The molecule has 0 atom stereocenters. The molecule has 0 aromatic heterocycles. The summed E-state index contributed by atoms with van der Waals surface area (Å²) in [5.74, 6) is 0.0297. The monoisotopic (exact) mass is 234 g/mol. The van der Waals surface area contributed by atoms with Gasteiger partial charge in [0.1, 0.15) is 0 Å². The molecule has 0 heterocycles. The van der Waals surface area contributed by atoms with E-state index in [0.29, 0.717) is 6.04 Å². The topological polar surface area (TPSA) is 41.1 Å². The predicted molar refractivity (Wildman–Crippen MR) is 73.3 cm³/mol. The zero-order valence-corrected chi connectivity index (χ0v) is 11.3. The smallest absolute Gasteiger partial charge is 0.229 e. The first kappa shape index (κ1) is 13.6. The maximum Gasteiger partial charge on any atom is 0.229 e. The van der Waals surface area contributed by atoms with Gasteiger partial charge in [-0.05, 0) is 38.1 Å². The minimum atomic E-state index is -0.366. The summed E-state index contributed by atoms with van der Waals surface area (Å²) in [6.07, 6.45) is 0. The lowest BCUT2D eigenvalue weighted by molar-refractivity contribution is -0.123. The van der Waals surface area contributed by atoms with Gasteiger partial charge in [0.2, 0.25) is 5.91 Å². The fourth-order valence-corrected chi connectivity index (χ4v) is 1.30. The summed E-state index contributed by atoms with van der Waals surface area (Å²) >= 11 is 0. The first-order chi connectivity index (χ1) is 7.79. The van der Waals surface area contributed by atoms with E-state index in [1.807, 2.05) is 45.0 Å². The van der Waals surface area contributed by atoms with Crippen LogP contribution in [0.2, 0.25) is 0 Å². The largest absolute Gasteiger partial charge is 0.383 e. The number of carbonyl (C=O) groups excluding carboxylic acids is 1. The number of benzene rings is 1. The number of nitrogens with one attached hydrogen (secondary N) is 2. The van der Waals surface area contributed by atoms with Crippen LogP contribution in [0.15, 0.2) is 24.3 Å². The first-order valence-corrected chi connectivity index (χ1v) is 5.97. The van der Waals surface area contributed by atoms with Gasteiger partial charge in [0.15, 0.2) is 0 Å². The van der Waals surface area contributed by atoms with Crippen LogP contribution in [-0.2, 0) is 4.79 Å². The van der Waals surface area contributed by atoms with Gasteiger partial charge in [0, 0.05) is 22.8 Å². The van der Waals surface area contributed by atoms with Gasteiger partial charge >= 0.3 is 0 Å². The van der Waals surface area contributed by atoms with Crippen LogP contribution >= 0.6 is 0 Å². The average Bonchev–Trinajstić information content (AvgIpc) is 2.18. The fraction of sp³-hybridized carbons (Fsp3) is 0.500. The lowest BCUT2D eigenvalue weighted by Gasteiger charge is -2.18. The second-order valence-electron chi connectivity index (χ2n) is 5.58. The minimum absolute atomic E-state index is 0.0297. The summed E-state index contributed by atoms with van der Waals surface area (Å²) in [5, 5.41) is 6.20. The van der Waals surface area contributed by atoms with Gasteiger partial charge < -0.3 is 10.6 Å². The van der Waals surface area contributed by atoms with Crippen molar-refractivity contribution >= 4 is 17.3 Å². The Balaban J connectivity index is 2.66. The fourth-order valence-electron chi connectivity index (χ4n) is 1.30.